The van der Waals surface area contributed by atoms with E-state index in [0.717, 1.165) is 12.4 Å². The van der Waals surface area contributed by atoms with Crippen LogP contribution in [0, 0.1) is 0 Å². The Morgan fingerprint density at radius 2 is 2.31 bits per heavy atom. The molecule has 0 aromatic carbocycles. The van der Waals surface area contributed by atoms with Crippen LogP contribution in [-0.4, -0.2) is 19.1 Å². The molecule has 4 heterocycles. The fraction of sp³-hybridized carbons (Fsp3) is 0.200. The van der Waals surface area contributed by atoms with E-state index in [-0.39, 0.29) is 0 Å². The van der Waals surface area contributed by atoms with Gasteiger partial charge in [-0.05, 0) is 0 Å². The predicted molar refractivity (Wildman–Crippen MR) is 63.5 cm³/mol. The Hall–Kier alpha value is -1.82. The maximum atomic E-state index is 4.28. The molecule has 1 aromatic rings. The smallest absolute Gasteiger partial charge is 0.176 e. The van der Waals surface area contributed by atoms with Crippen molar-refractivity contribution in [1.82, 2.24) is 0 Å². The molecule has 0 bridgehead atoms. The second kappa shape index (κ2) is 2.85. The van der Waals surface area contributed by atoms with Crippen molar-refractivity contribution in [3.05, 3.63) is 28.0 Å². The molecule has 0 spiro atoms. The molecule has 0 saturated heterocycles. The molecule has 0 atom stereocenters. The Kier molecular flexibility index (Phi) is 1.49. The van der Waals surface area contributed by atoms with Crippen LogP contribution in [0.4, 0.5) is 5.00 Å². The first-order valence-electron chi connectivity index (χ1n) is 4.97. The molecule has 0 radical (unpaired) electrons. The quantitative estimate of drug-likeness (QED) is 0.672. The Bertz CT molecular complexity index is 593. The molecule has 0 saturated carbocycles. The zero-order chi connectivity index (χ0) is 10.5. The number of rotatable bonds is 0. The number of hydrogen-bond donors (Lipinski definition) is 0. The van der Waals surface area contributed by atoms with Crippen LogP contribution in [0.2, 0.25) is 0 Å². The van der Waals surface area contributed by atoms with E-state index in [2.05, 4.69) is 25.1 Å². The number of hydrogen-bond acceptors (Lipinski definition) is 6. The zero-order valence-electron chi connectivity index (χ0n) is 8.29. The van der Waals surface area contributed by atoms with Gasteiger partial charge >= 0.3 is 0 Å². The van der Waals surface area contributed by atoms with Gasteiger partial charge in [-0.3, -0.25) is 14.9 Å². The summed E-state index contributed by atoms with van der Waals surface area (Å²) in [5, 5.41) is 9.29. The third kappa shape index (κ3) is 0.943. The molecule has 78 valence electrons. The third-order valence-corrected chi connectivity index (χ3v) is 4.02. The van der Waals surface area contributed by atoms with Gasteiger partial charge in [0.25, 0.3) is 0 Å². The lowest BCUT2D eigenvalue weighted by Gasteiger charge is -2.13. The molecule has 3 aliphatic rings. The van der Waals surface area contributed by atoms with E-state index in [0.29, 0.717) is 6.67 Å². The summed E-state index contributed by atoms with van der Waals surface area (Å²) in [6, 6.07) is 0. The third-order valence-electron chi connectivity index (χ3n) is 2.81. The molecule has 0 N–H and O–H groups in total. The van der Waals surface area contributed by atoms with Crippen LogP contribution in [0.15, 0.2) is 32.2 Å². The van der Waals surface area contributed by atoms with Gasteiger partial charge in [0.2, 0.25) is 0 Å². The van der Waals surface area contributed by atoms with Crippen molar-refractivity contribution in [2.75, 3.05) is 11.6 Å². The van der Waals surface area contributed by atoms with Gasteiger partial charge in [-0.25, -0.2) is 0 Å². The van der Waals surface area contributed by atoms with Crippen molar-refractivity contribution >= 4 is 28.8 Å². The molecular weight excluding hydrogens is 222 g/mol. The number of aliphatic imine (C=N–C) groups is 2. The van der Waals surface area contributed by atoms with Crippen LogP contribution in [0.3, 0.4) is 0 Å². The summed E-state index contributed by atoms with van der Waals surface area (Å²) >= 11 is 1.74. The van der Waals surface area contributed by atoms with Gasteiger partial charge in [0.1, 0.15) is 11.7 Å². The highest BCUT2D eigenvalue weighted by atomic mass is 32.1. The molecule has 0 aliphatic carbocycles. The summed E-state index contributed by atoms with van der Waals surface area (Å²) in [4.78, 5) is 11.9. The normalized spacial score (nSPS) is 19.5. The number of thiophene rings is 1. The molecule has 6 heteroatoms. The molecule has 5 nitrogen and oxygen atoms in total. The first-order chi connectivity index (χ1) is 7.93. The highest BCUT2D eigenvalue weighted by Crippen LogP contribution is 2.40. The van der Waals surface area contributed by atoms with E-state index < -0.39 is 0 Å². The average molecular weight is 229 g/mol. The predicted octanol–water partition coefficient (Wildman–Crippen LogP) is 2.14. The van der Waals surface area contributed by atoms with Gasteiger partial charge in [0, 0.05) is 23.6 Å². The molecule has 0 unspecified atom stereocenters. The van der Waals surface area contributed by atoms with Crippen LogP contribution in [-0.2, 0) is 6.54 Å². The lowest BCUT2D eigenvalue weighted by molar-refractivity contribution is 1.01. The Morgan fingerprint density at radius 1 is 1.31 bits per heavy atom. The van der Waals surface area contributed by atoms with E-state index >= 15 is 0 Å². The topological polar surface area (TPSA) is 52.7 Å². The average Bonchev–Trinajstić information content (AvgIpc) is 2.93. The molecule has 0 fully saturated rings. The first-order valence-corrected chi connectivity index (χ1v) is 5.79. The summed E-state index contributed by atoms with van der Waals surface area (Å²) in [6.45, 7) is 1.36. The van der Waals surface area contributed by atoms with E-state index in [4.69, 9.17) is 0 Å². The largest absolute Gasteiger partial charge is 0.292 e. The van der Waals surface area contributed by atoms with Crippen LogP contribution in [0.25, 0.3) is 0 Å². The Morgan fingerprint density at radius 3 is 3.31 bits per heavy atom. The minimum absolute atomic E-state index is 0.596. The van der Waals surface area contributed by atoms with Crippen molar-refractivity contribution in [1.29, 1.82) is 0 Å². The van der Waals surface area contributed by atoms with Crippen LogP contribution < -0.4 is 4.90 Å². The van der Waals surface area contributed by atoms with E-state index in [9.17, 15) is 0 Å². The first kappa shape index (κ1) is 8.35. The van der Waals surface area contributed by atoms with Crippen LogP contribution >= 0.6 is 11.3 Å². The summed E-state index contributed by atoms with van der Waals surface area (Å²) in [6.07, 6.45) is 5.60. The van der Waals surface area contributed by atoms with Gasteiger partial charge in [-0.1, -0.05) is 0 Å². The van der Waals surface area contributed by atoms with Crippen molar-refractivity contribution in [2.24, 2.45) is 20.2 Å². The van der Waals surface area contributed by atoms with E-state index in [1.54, 1.807) is 17.5 Å². The van der Waals surface area contributed by atoms with Gasteiger partial charge in [0.05, 0.1) is 17.6 Å². The molecule has 1 aromatic heterocycles. The molecular formula is C10H7N5S. The van der Waals surface area contributed by atoms with Gasteiger partial charge in [-0.2, -0.15) is 5.11 Å². The Labute approximate surface area is 95.6 Å². The minimum Gasteiger partial charge on any atom is -0.292 e. The fourth-order valence-corrected chi connectivity index (χ4v) is 3.22. The maximum Gasteiger partial charge on any atom is 0.176 e. The lowest BCUT2D eigenvalue weighted by atomic mass is 10.1. The van der Waals surface area contributed by atoms with Crippen LogP contribution in [0.5, 0.6) is 0 Å². The van der Waals surface area contributed by atoms with Crippen molar-refractivity contribution in [3.8, 4) is 0 Å². The second-order valence-electron chi connectivity index (χ2n) is 3.71. The highest BCUT2D eigenvalue weighted by Gasteiger charge is 2.27. The molecule has 0 amide bonds. The zero-order valence-corrected chi connectivity index (χ0v) is 9.11. The Balaban J connectivity index is 1.96. The monoisotopic (exact) mass is 229 g/mol. The molecule has 3 aliphatic heterocycles. The molecule has 16 heavy (non-hydrogen) atoms. The van der Waals surface area contributed by atoms with E-state index in [1.165, 1.54) is 21.0 Å². The van der Waals surface area contributed by atoms with Gasteiger partial charge < -0.3 is 0 Å². The standard InChI is InChI=1S/C10H7N5S/c1-6-7-2-12-4-9-14-13-5-15(9)10(7)16-8(6)3-11-1/h2-4H,1,5H2. The number of fused-ring (bicyclic) bond motifs is 5. The lowest BCUT2D eigenvalue weighted by Crippen LogP contribution is -2.16. The number of nitrogens with zero attached hydrogens (tertiary/aromatic N) is 5. The number of azo groups is 1. The van der Waals surface area contributed by atoms with Gasteiger partial charge in [-0.15, -0.1) is 16.5 Å². The second-order valence-corrected chi connectivity index (χ2v) is 4.74. The summed E-state index contributed by atoms with van der Waals surface area (Å²) in [5.74, 6) is 0.826. The van der Waals surface area contributed by atoms with E-state index in [1.807, 2.05) is 12.4 Å². The van der Waals surface area contributed by atoms with Crippen molar-refractivity contribution in [3.63, 3.8) is 0 Å². The maximum absolute atomic E-state index is 4.28. The summed E-state index contributed by atoms with van der Waals surface area (Å²) < 4.78 is 0. The van der Waals surface area contributed by atoms with Gasteiger partial charge in [0.15, 0.2) is 5.82 Å². The van der Waals surface area contributed by atoms with Crippen molar-refractivity contribution in [2.45, 2.75) is 6.54 Å². The van der Waals surface area contributed by atoms with Crippen molar-refractivity contribution < 1.29 is 0 Å². The minimum atomic E-state index is 0.596. The van der Waals surface area contributed by atoms with Crippen LogP contribution in [0.1, 0.15) is 16.0 Å². The molecule has 4 rings (SSSR count). The highest BCUT2D eigenvalue weighted by molar-refractivity contribution is 7.18. The number of anilines is 1. The fourth-order valence-electron chi connectivity index (χ4n) is 2.04. The summed E-state index contributed by atoms with van der Waals surface area (Å²) in [5.41, 5.74) is 2.46. The summed E-state index contributed by atoms with van der Waals surface area (Å²) in [7, 11) is 0. The SMILES string of the molecule is C1=NC=C2N=NCN2c2sc3c(c21)CN=C3.